The Morgan fingerprint density at radius 3 is 2.63 bits per heavy atom. The highest BCUT2D eigenvalue weighted by Gasteiger charge is 2.08. The van der Waals surface area contributed by atoms with Crippen molar-refractivity contribution in [2.24, 2.45) is 0 Å². The molecule has 0 spiro atoms. The number of aromatic amines is 1. The molecule has 2 aromatic carbocycles. The first kappa shape index (κ1) is 19.4. The number of thioether (sulfide) groups is 1. The van der Waals surface area contributed by atoms with Crippen LogP contribution in [-0.2, 0) is 11.3 Å². The van der Waals surface area contributed by atoms with E-state index in [0.29, 0.717) is 24.6 Å². The Kier molecular flexibility index (Phi) is 6.89. The Morgan fingerprint density at radius 2 is 1.93 bits per heavy atom. The highest BCUT2D eigenvalue weighted by atomic mass is 79.9. The zero-order valence-corrected chi connectivity index (χ0v) is 17.1. The maximum Gasteiger partial charge on any atom is 0.221 e. The van der Waals surface area contributed by atoms with Crippen LogP contribution in [0.1, 0.15) is 12.2 Å². The Balaban J connectivity index is 1.43. The number of amides is 1. The molecule has 0 bridgehead atoms. The molecule has 6 nitrogen and oxygen atoms in total. The van der Waals surface area contributed by atoms with Crippen LogP contribution < -0.4 is 10.1 Å². The zero-order chi connectivity index (χ0) is 19.1. The highest BCUT2D eigenvalue weighted by molar-refractivity contribution is 9.10. The smallest absolute Gasteiger partial charge is 0.221 e. The molecule has 3 rings (SSSR count). The largest absolute Gasteiger partial charge is 0.497 e. The minimum atomic E-state index is -0.0120. The lowest BCUT2D eigenvalue weighted by atomic mass is 10.2. The highest BCUT2D eigenvalue weighted by Crippen LogP contribution is 2.21. The second-order valence-corrected chi connectivity index (χ2v) is 7.75. The summed E-state index contributed by atoms with van der Waals surface area (Å²) in [6, 6.07) is 15.5. The summed E-state index contributed by atoms with van der Waals surface area (Å²) in [5.41, 5.74) is 0.885. The van der Waals surface area contributed by atoms with E-state index in [2.05, 4.69) is 36.4 Å². The van der Waals surface area contributed by atoms with Crippen molar-refractivity contribution in [2.75, 3.05) is 12.9 Å². The van der Waals surface area contributed by atoms with E-state index in [9.17, 15) is 4.79 Å². The third kappa shape index (κ3) is 5.83. The number of benzene rings is 2. The van der Waals surface area contributed by atoms with Crippen molar-refractivity contribution in [3.8, 4) is 17.1 Å². The van der Waals surface area contributed by atoms with Crippen LogP contribution in [0.3, 0.4) is 0 Å². The molecule has 1 aromatic heterocycles. The van der Waals surface area contributed by atoms with Gasteiger partial charge in [0.25, 0.3) is 0 Å². The number of carbonyl (C=O) groups excluding carboxylic acids is 1. The summed E-state index contributed by atoms with van der Waals surface area (Å²) < 4.78 is 6.19. The van der Waals surface area contributed by atoms with Crippen LogP contribution in [0.4, 0.5) is 0 Å². The van der Waals surface area contributed by atoms with Gasteiger partial charge in [-0.25, -0.2) is 4.98 Å². The molecule has 3 aromatic rings. The maximum atomic E-state index is 12.0. The number of nitrogens with zero attached hydrogens (tertiary/aromatic N) is 2. The molecule has 0 unspecified atom stereocenters. The predicted molar refractivity (Wildman–Crippen MR) is 110 cm³/mol. The van der Waals surface area contributed by atoms with Gasteiger partial charge in [0.1, 0.15) is 11.6 Å². The van der Waals surface area contributed by atoms with Crippen molar-refractivity contribution in [2.45, 2.75) is 17.9 Å². The minimum Gasteiger partial charge on any atom is -0.497 e. The van der Waals surface area contributed by atoms with Crippen molar-refractivity contribution < 1.29 is 9.53 Å². The molecule has 0 saturated heterocycles. The van der Waals surface area contributed by atoms with Gasteiger partial charge in [0.15, 0.2) is 5.82 Å². The first-order valence-corrected chi connectivity index (χ1v) is 10.1. The first-order chi connectivity index (χ1) is 13.1. The predicted octanol–water partition coefficient (Wildman–Crippen LogP) is 4.04. The minimum absolute atomic E-state index is 0.0120. The van der Waals surface area contributed by atoms with Crippen molar-refractivity contribution in [1.29, 1.82) is 0 Å². The van der Waals surface area contributed by atoms with E-state index >= 15 is 0 Å². The third-order valence-corrected chi connectivity index (χ3v) is 5.29. The number of H-pyrrole nitrogens is 1. The van der Waals surface area contributed by atoms with E-state index in [0.717, 1.165) is 26.4 Å². The molecule has 2 N–H and O–H groups in total. The van der Waals surface area contributed by atoms with Gasteiger partial charge in [0, 0.05) is 27.1 Å². The fourth-order valence-corrected chi connectivity index (χ4v) is 3.42. The van der Waals surface area contributed by atoms with Gasteiger partial charge >= 0.3 is 0 Å². The second kappa shape index (κ2) is 9.57. The van der Waals surface area contributed by atoms with Gasteiger partial charge in [-0.2, -0.15) is 5.10 Å². The van der Waals surface area contributed by atoms with Gasteiger partial charge in [-0.1, -0.05) is 15.9 Å². The van der Waals surface area contributed by atoms with Crippen LogP contribution >= 0.6 is 27.7 Å². The summed E-state index contributed by atoms with van der Waals surface area (Å²) in [4.78, 5) is 17.6. The monoisotopic (exact) mass is 446 g/mol. The van der Waals surface area contributed by atoms with Gasteiger partial charge in [0.05, 0.1) is 13.7 Å². The van der Waals surface area contributed by atoms with E-state index in [1.807, 2.05) is 48.5 Å². The topological polar surface area (TPSA) is 79.9 Å². The summed E-state index contributed by atoms with van der Waals surface area (Å²) in [6.07, 6.45) is 0.445. The lowest BCUT2D eigenvalue weighted by Crippen LogP contribution is -2.23. The second-order valence-electron chi connectivity index (χ2n) is 5.66. The number of halogens is 1. The Bertz CT molecular complexity index is 881. The van der Waals surface area contributed by atoms with Crippen molar-refractivity contribution >= 4 is 33.6 Å². The molecule has 0 saturated carbocycles. The zero-order valence-electron chi connectivity index (χ0n) is 14.7. The van der Waals surface area contributed by atoms with Crippen LogP contribution in [-0.4, -0.2) is 34.0 Å². The number of hydrogen-bond donors (Lipinski definition) is 2. The summed E-state index contributed by atoms with van der Waals surface area (Å²) >= 11 is 5.07. The van der Waals surface area contributed by atoms with Gasteiger partial charge in [0.2, 0.25) is 5.91 Å². The van der Waals surface area contributed by atoms with Crippen LogP contribution in [0.25, 0.3) is 11.4 Å². The first-order valence-electron chi connectivity index (χ1n) is 8.35. The quantitative estimate of drug-likeness (QED) is 0.510. The Morgan fingerprint density at radius 1 is 1.19 bits per heavy atom. The standard InChI is InChI=1S/C19H19BrN4O2S/c1-26-15-6-2-13(3-7-15)19-22-17(23-24-19)12-21-18(25)10-11-27-16-8-4-14(20)5-9-16/h2-9H,10-12H2,1H3,(H,21,25)(H,22,23,24). The molecule has 0 atom stereocenters. The van der Waals surface area contributed by atoms with Gasteiger partial charge in [-0.05, 0) is 48.5 Å². The molecule has 1 amide bonds. The Labute approximate surface area is 170 Å². The average Bonchev–Trinajstić information content (AvgIpc) is 3.17. The fraction of sp³-hybridized carbons (Fsp3) is 0.211. The molecular weight excluding hydrogens is 428 g/mol. The molecule has 0 fully saturated rings. The SMILES string of the molecule is COc1ccc(-c2n[nH]c(CNC(=O)CCSc3ccc(Br)cc3)n2)cc1. The molecule has 1 heterocycles. The van der Waals surface area contributed by atoms with E-state index < -0.39 is 0 Å². The lowest BCUT2D eigenvalue weighted by molar-refractivity contribution is -0.120. The van der Waals surface area contributed by atoms with Crippen molar-refractivity contribution in [1.82, 2.24) is 20.5 Å². The lowest BCUT2D eigenvalue weighted by Gasteiger charge is -2.03. The maximum absolute atomic E-state index is 12.0. The number of carbonyl (C=O) groups is 1. The number of nitrogens with one attached hydrogen (secondary N) is 2. The Hall–Kier alpha value is -2.32. The van der Waals surface area contributed by atoms with Crippen LogP contribution in [0.2, 0.25) is 0 Å². The molecule has 0 radical (unpaired) electrons. The number of aromatic nitrogens is 3. The van der Waals surface area contributed by atoms with E-state index in [1.54, 1.807) is 18.9 Å². The molecule has 0 aliphatic heterocycles. The van der Waals surface area contributed by atoms with Crippen molar-refractivity contribution in [3.63, 3.8) is 0 Å². The number of methoxy groups -OCH3 is 1. The number of ether oxygens (including phenoxy) is 1. The summed E-state index contributed by atoms with van der Waals surface area (Å²) in [5.74, 6) is 2.70. The number of hydrogen-bond acceptors (Lipinski definition) is 5. The van der Waals surface area contributed by atoms with Crippen LogP contribution in [0.5, 0.6) is 5.75 Å². The van der Waals surface area contributed by atoms with Crippen LogP contribution in [0.15, 0.2) is 57.9 Å². The summed E-state index contributed by atoms with van der Waals surface area (Å²) in [7, 11) is 1.62. The van der Waals surface area contributed by atoms with Gasteiger partial charge in [-0.15, -0.1) is 11.8 Å². The molecule has 0 aliphatic rings. The average molecular weight is 447 g/mol. The van der Waals surface area contributed by atoms with Crippen molar-refractivity contribution in [3.05, 3.63) is 58.8 Å². The summed E-state index contributed by atoms with van der Waals surface area (Å²) in [6.45, 7) is 0.324. The molecule has 27 heavy (non-hydrogen) atoms. The van der Waals surface area contributed by atoms with Gasteiger partial charge < -0.3 is 10.1 Å². The summed E-state index contributed by atoms with van der Waals surface area (Å²) in [5, 5.41) is 9.92. The molecule has 140 valence electrons. The van der Waals surface area contributed by atoms with E-state index in [1.165, 1.54) is 0 Å². The van der Waals surface area contributed by atoms with E-state index in [4.69, 9.17) is 4.74 Å². The number of rotatable bonds is 8. The normalized spacial score (nSPS) is 10.6. The van der Waals surface area contributed by atoms with Gasteiger partial charge in [-0.3, -0.25) is 9.89 Å². The molecule has 8 heteroatoms. The molecule has 0 aliphatic carbocycles. The van der Waals surface area contributed by atoms with E-state index in [-0.39, 0.29) is 5.91 Å². The third-order valence-electron chi connectivity index (χ3n) is 3.74. The fourth-order valence-electron chi connectivity index (χ4n) is 2.31. The molecular formula is C19H19BrN4O2S. The van der Waals surface area contributed by atoms with Crippen LogP contribution in [0, 0.1) is 0 Å².